The number of hydrazone groups is 1. The molecule has 3 rings (SSSR count). The van der Waals surface area contributed by atoms with Gasteiger partial charge in [0.15, 0.2) is 11.5 Å². The van der Waals surface area contributed by atoms with E-state index in [1.807, 2.05) is 6.07 Å². The van der Waals surface area contributed by atoms with Crippen molar-refractivity contribution in [2.75, 3.05) is 27.9 Å². The van der Waals surface area contributed by atoms with E-state index in [1.165, 1.54) is 39.7 Å². The van der Waals surface area contributed by atoms with E-state index in [0.717, 1.165) is 4.47 Å². The molecule has 0 aliphatic heterocycles. The van der Waals surface area contributed by atoms with Crippen molar-refractivity contribution in [3.05, 3.63) is 81.8 Å². The third-order valence-electron chi connectivity index (χ3n) is 4.89. The van der Waals surface area contributed by atoms with Crippen LogP contribution in [0.3, 0.4) is 0 Å². The molecule has 192 valence electrons. The van der Waals surface area contributed by atoms with Gasteiger partial charge in [-0.1, -0.05) is 22.0 Å². The lowest BCUT2D eigenvalue weighted by molar-refractivity contribution is -0.120. The van der Waals surface area contributed by atoms with Gasteiger partial charge in [-0.05, 0) is 60.2 Å². The number of methoxy groups -OCH3 is 3. The molecule has 3 aromatic rings. The number of hydrogen-bond donors (Lipinski definition) is 2. The van der Waals surface area contributed by atoms with Crippen LogP contribution in [-0.2, 0) is 4.79 Å². The first-order valence-corrected chi connectivity index (χ1v) is 11.6. The van der Waals surface area contributed by atoms with E-state index in [1.54, 1.807) is 42.5 Å². The maximum absolute atomic E-state index is 12.5. The predicted molar refractivity (Wildman–Crippen MR) is 140 cm³/mol. The molecular weight excluding hydrogens is 546 g/mol. The molecule has 0 fully saturated rings. The average Bonchev–Trinajstić information content (AvgIpc) is 2.91. The molecule has 37 heavy (non-hydrogen) atoms. The van der Waals surface area contributed by atoms with Crippen LogP contribution in [0.5, 0.6) is 23.0 Å². The molecule has 0 bridgehead atoms. The monoisotopic (exact) mass is 569 g/mol. The van der Waals surface area contributed by atoms with Crippen LogP contribution >= 0.6 is 15.9 Å². The first-order chi connectivity index (χ1) is 17.8. The third-order valence-corrected chi connectivity index (χ3v) is 5.38. The van der Waals surface area contributed by atoms with Crippen LogP contribution in [0.2, 0.25) is 0 Å². The van der Waals surface area contributed by atoms with Crippen molar-refractivity contribution in [2.45, 2.75) is 0 Å². The molecule has 2 N–H and O–H groups in total. The van der Waals surface area contributed by atoms with Gasteiger partial charge in [0.1, 0.15) is 5.75 Å². The Balaban J connectivity index is 1.50. The van der Waals surface area contributed by atoms with Gasteiger partial charge in [-0.15, -0.1) is 0 Å². The summed E-state index contributed by atoms with van der Waals surface area (Å²) in [5.41, 5.74) is 3.63. The minimum absolute atomic E-state index is 0.228. The van der Waals surface area contributed by atoms with Crippen LogP contribution < -0.4 is 29.7 Å². The van der Waals surface area contributed by atoms with Crippen molar-refractivity contribution in [3.63, 3.8) is 0 Å². The van der Waals surface area contributed by atoms with E-state index < -0.39 is 17.8 Å². The number of benzene rings is 3. The predicted octanol–water partition coefficient (Wildman–Crippen LogP) is 3.57. The highest BCUT2D eigenvalue weighted by Crippen LogP contribution is 2.38. The Hall–Kier alpha value is -4.38. The Kier molecular flexibility index (Phi) is 9.61. The molecule has 0 radical (unpaired) electrons. The minimum Gasteiger partial charge on any atom is -0.493 e. The molecular formula is C26H24BrN3O7. The SMILES string of the molecule is COc1cc(C(=O)NCC(=O)NN=Cc2ccc(OC(=O)c3cccc(Br)c3)cc2)cc(OC)c1OC. The highest BCUT2D eigenvalue weighted by molar-refractivity contribution is 9.10. The van der Waals surface area contributed by atoms with Gasteiger partial charge in [0.05, 0.1) is 39.7 Å². The molecule has 10 nitrogen and oxygen atoms in total. The van der Waals surface area contributed by atoms with Crippen LogP contribution in [0.25, 0.3) is 0 Å². The average molecular weight is 570 g/mol. The molecule has 0 unspecified atom stereocenters. The van der Waals surface area contributed by atoms with Gasteiger partial charge in [-0.25, -0.2) is 10.2 Å². The Morgan fingerprint density at radius 2 is 1.57 bits per heavy atom. The first-order valence-electron chi connectivity index (χ1n) is 10.8. The first kappa shape index (κ1) is 27.2. The number of halogens is 1. The summed E-state index contributed by atoms with van der Waals surface area (Å²) in [5.74, 6) is -0.179. The van der Waals surface area contributed by atoms with Crippen LogP contribution in [0.1, 0.15) is 26.3 Å². The largest absolute Gasteiger partial charge is 0.493 e. The van der Waals surface area contributed by atoms with Gasteiger partial charge in [-0.3, -0.25) is 9.59 Å². The summed E-state index contributed by atoms with van der Waals surface area (Å²) in [6.07, 6.45) is 1.42. The fourth-order valence-corrected chi connectivity index (χ4v) is 3.50. The number of rotatable bonds is 10. The number of nitrogens with one attached hydrogen (secondary N) is 2. The van der Waals surface area contributed by atoms with Crippen LogP contribution in [0.15, 0.2) is 70.2 Å². The van der Waals surface area contributed by atoms with Crippen molar-refractivity contribution < 1.29 is 33.3 Å². The summed E-state index contributed by atoms with van der Waals surface area (Å²) in [5, 5.41) is 6.37. The standard InChI is InChI=1S/C26H24BrN3O7/c1-34-21-12-18(13-22(35-2)24(21)36-3)25(32)28-15-23(31)30-29-14-16-7-9-20(10-8-16)37-26(33)17-5-4-6-19(27)11-17/h4-14H,15H2,1-3H3,(H,28,32)(H,30,31). The Morgan fingerprint density at radius 3 is 2.16 bits per heavy atom. The molecule has 2 amide bonds. The van der Waals surface area contributed by atoms with Gasteiger partial charge >= 0.3 is 5.97 Å². The molecule has 0 atom stereocenters. The number of amides is 2. The molecule has 11 heteroatoms. The second-order valence-corrected chi connectivity index (χ2v) is 8.27. The molecule has 0 aliphatic rings. The van der Waals surface area contributed by atoms with Gasteiger partial charge in [0.2, 0.25) is 5.75 Å². The van der Waals surface area contributed by atoms with E-state index >= 15 is 0 Å². The van der Waals surface area contributed by atoms with Gasteiger partial charge in [0, 0.05) is 10.0 Å². The summed E-state index contributed by atoms with van der Waals surface area (Å²) in [6, 6.07) is 16.4. The Bertz CT molecular complexity index is 1280. The zero-order valence-corrected chi connectivity index (χ0v) is 21.8. The van der Waals surface area contributed by atoms with Crippen molar-refractivity contribution in [2.24, 2.45) is 5.10 Å². The molecule has 3 aromatic carbocycles. The maximum Gasteiger partial charge on any atom is 0.343 e. The van der Waals surface area contributed by atoms with Gasteiger partial charge in [-0.2, -0.15) is 5.10 Å². The number of nitrogens with zero attached hydrogens (tertiary/aromatic N) is 1. The van der Waals surface area contributed by atoms with E-state index in [2.05, 4.69) is 31.8 Å². The zero-order chi connectivity index (χ0) is 26.8. The third kappa shape index (κ3) is 7.55. The van der Waals surface area contributed by atoms with E-state index in [-0.39, 0.29) is 12.1 Å². The highest BCUT2D eigenvalue weighted by atomic mass is 79.9. The van der Waals surface area contributed by atoms with Crippen LogP contribution in [0.4, 0.5) is 0 Å². The van der Waals surface area contributed by atoms with Crippen LogP contribution in [-0.4, -0.2) is 51.9 Å². The number of carbonyl (C=O) groups excluding carboxylic acids is 3. The normalized spacial score (nSPS) is 10.5. The van der Waals surface area contributed by atoms with Crippen molar-refractivity contribution in [3.8, 4) is 23.0 Å². The number of hydrogen-bond acceptors (Lipinski definition) is 8. The Labute approximate surface area is 221 Å². The fraction of sp³-hybridized carbons (Fsp3) is 0.154. The van der Waals surface area contributed by atoms with Gasteiger partial charge < -0.3 is 24.3 Å². The van der Waals surface area contributed by atoms with Crippen molar-refractivity contribution >= 4 is 39.9 Å². The van der Waals surface area contributed by atoms with Gasteiger partial charge in [0.25, 0.3) is 11.8 Å². The lowest BCUT2D eigenvalue weighted by Crippen LogP contribution is -2.34. The summed E-state index contributed by atoms with van der Waals surface area (Å²) < 4.78 is 21.8. The maximum atomic E-state index is 12.5. The quantitative estimate of drug-likeness (QED) is 0.165. The second kappa shape index (κ2) is 13.1. The molecule has 0 saturated carbocycles. The summed E-state index contributed by atoms with van der Waals surface area (Å²) in [6.45, 7) is -0.308. The molecule has 0 aromatic heterocycles. The fourth-order valence-electron chi connectivity index (χ4n) is 3.10. The van der Waals surface area contributed by atoms with E-state index in [4.69, 9.17) is 18.9 Å². The van der Waals surface area contributed by atoms with E-state index in [0.29, 0.717) is 34.1 Å². The number of ether oxygens (including phenoxy) is 4. The zero-order valence-electron chi connectivity index (χ0n) is 20.2. The molecule has 0 spiro atoms. The number of carbonyl (C=O) groups is 3. The summed E-state index contributed by atoms with van der Waals surface area (Å²) >= 11 is 3.32. The summed E-state index contributed by atoms with van der Waals surface area (Å²) in [4.78, 5) is 36.8. The van der Waals surface area contributed by atoms with E-state index in [9.17, 15) is 14.4 Å². The number of esters is 1. The second-order valence-electron chi connectivity index (χ2n) is 7.36. The topological polar surface area (TPSA) is 125 Å². The molecule has 0 heterocycles. The minimum atomic E-state index is -0.531. The lowest BCUT2D eigenvalue weighted by atomic mass is 10.1. The molecule has 0 aliphatic carbocycles. The van der Waals surface area contributed by atoms with Crippen molar-refractivity contribution in [1.29, 1.82) is 0 Å². The smallest absolute Gasteiger partial charge is 0.343 e. The molecule has 0 saturated heterocycles. The lowest BCUT2D eigenvalue weighted by Gasteiger charge is -2.14. The van der Waals surface area contributed by atoms with Crippen molar-refractivity contribution in [1.82, 2.24) is 10.7 Å². The Morgan fingerprint density at radius 1 is 0.892 bits per heavy atom. The summed E-state index contributed by atoms with van der Waals surface area (Å²) in [7, 11) is 4.34. The van der Waals surface area contributed by atoms with Crippen LogP contribution in [0, 0.1) is 0 Å². The highest BCUT2D eigenvalue weighted by Gasteiger charge is 2.17.